The van der Waals surface area contributed by atoms with E-state index in [-0.39, 0.29) is 6.61 Å². The van der Waals surface area contributed by atoms with Gasteiger partial charge in [-0.2, -0.15) is 0 Å². The summed E-state index contributed by atoms with van der Waals surface area (Å²) in [6, 6.07) is 2.13. The van der Waals surface area contributed by atoms with Crippen molar-refractivity contribution in [1.29, 1.82) is 0 Å². The molecule has 1 aromatic heterocycles. The predicted octanol–water partition coefficient (Wildman–Crippen LogP) is 1.41. The van der Waals surface area contributed by atoms with E-state index in [1.165, 1.54) is 10.4 Å². The second kappa shape index (κ2) is 7.55. The largest absolute Gasteiger partial charge is 0.393 e. The van der Waals surface area contributed by atoms with Gasteiger partial charge in [-0.05, 0) is 37.8 Å². The maximum Gasteiger partial charge on any atom is 0.144 e. The number of thiophene rings is 1. The average molecular weight is 323 g/mol. The standard InChI is InChI=1S/C16H25N3O2S/c1-18-6-8-19(9-7-18)11-13(20)12-21-17-15-3-2-4-16-14(15)5-10-22-16/h5,10,13,20H,2-4,6-9,11-12H2,1H3/b17-15-. The Morgan fingerprint density at radius 2 is 2.14 bits per heavy atom. The van der Waals surface area contributed by atoms with E-state index in [0.717, 1.165) is 51.2 Å². The zero-order valence-electron chi connectivity index (χ0n) is 13.2. The van der Waals surface area contributed by atoms with Crippen molar-refractivity contribution in [3.05, 3.63) is 21.9 Å². The van der Waals surface area contributed by atoms with Gasteiger partial charge in [0.2, 0.25) is 0 Å². The van der Waals surface area contributed by atoms with Gasteiger partial charge in [-0.25, -0.2) is 0 Å². The fraction of sp³-hybridized carbons (Fsp3) is 0.688. The van der Waals surface area contributed by atoms with E-state index in [1.807, 2.05) is 0 Å². The minimum Gasteiger partial charge on any atom is -0.393 e. The van der Waals surface area contributed by atoms with Crippen molar-refractivity contribution in [2.24, 2.45) is 5.16 Å². The van der Waals surface area contributed by atoms with Gasteiger partial charge in [0.05, 0.1) is 5.71 Å². The molecule has 0 spiro atoms. The van der Waals surface area contributed by atoms with E-state index in [2.05, 4.69) is 33.4 Å². The molecule has 0 aromatic carbocycles. The van der Waals surface area contributed by atoms with Crippen LogP contribution in [-0.2, 0) is 11.3 Å². The monoisotopic (exact) mass is 323 g/mol. The maximum atomic E-state index is 10.1. The lowest BCUT2D eigenvalue weighted by molar-refractivity contribution is 0.0107. The molecule has 0 radical (unpaired) electrons. The lowest BCUT2D eigenvalue weighted by atomic mass is 9.97. The minimum absolute atomic E-state index is 0.273. The summed E-state index contributed by atoms with van der Waals surface area (Å²) < 4.78 is 0. The number of oxime groups is 1. The van der Waals surface area contributed by atoms with Gasteiger partial charge in [0.15, 0.2) is 0 Å². The molecule has 22 heavy (non-hydrogen) atoms. The third kappa shape index (κ3) is 4.07. The third-order valence-electron chi connectivity index (χ3n) is 4.38. The predicted molar refractivity (Wildman–Crippen MR) is 89.7 cm³/mol. The second-order valence-corrected chi connectivity index (χ2v) is 7.20. The number of hydrogen-bond acceptors (Lipinski definition) is 6. The van der Waals surface area contributed by atoms with Crippen LogP contribution in [0.1, 0.15) is 23.3 Å². The number of fused-ring (bicyclic) bond motifs is 1. The first-order chi connectivity index (χ1) is 10.7. The summed E-state index contributed by atoms with van der Waals surface area (Å²) in [6.45, 7) is 5.10. The van der Waals surface area contributed by atoms with Crippen molar-refractivity contribution in [3.63, 3.8) is 0 Å². The van der Waals surface area contributed by atoms with Gasteiger partial charge in [0.1, 0.15) is 12.7 Å². The quantitative estimate of drug-likeness (QED) is 0.833. The van der Waals surface area contributed by atoms with Crippen LogP contribution in [0.15, 0.2) is 16.6 Å². The highest BCUT2D eigenvalue weighted by Crippen LogP contribution is 2.26. The van der Waals surface area contributed by atoms with E-state index >= 15 is 0 Å². The summed E-state index contributed by atoms with van der Waals surface area (Å²) in [7, 11) is 2.13. The van der Waals surface area contributed by atoms with Gasteiger partial charge in [-0.15, -0.1) is 11.3 Å². The number of β-amino-alcohol motifs (C(OH)–C–C–N with tert-alkyl or cyclic N) is 1. The van der Waals surface area contributed by atoms with Gasteiger partial charge >= 0.3 is 0 Å². The summed E-state index contributed by atoms with van der Waals surface area (Å²) in [6.07, 6.45) is 2.79. The summed E-state index contributed by atoms with van der Waals surface area (Å²) >= 11 is 1.80. The highest BCUT2D eigenvalue weighted by Gasteiger charge is 2.19. The SMILES string of the molecule is CN1CCN(CC(O)CO/N=C2/CCCc3sccc32)CC1. The maximum absolute atomic E-state index is 10.1. The molecule has 0 bridgehead atoms. The highest BCUT2D eigenvalue weighted by atomic mass is 32.1. The molecule has 0 saturated carbocycles. The van der Waals surface area contributed by atoms with Crippen molar-refractivity contribution in [2.45, 2.75) is 25.4 Å². The Labute approximate surface area is 136 Å². The lowest BCUT2D eigenvalue weighted by Crippen LogP contribution is -2.47. The van der Waals surface area contributed by atoms with Crippen molar-refractivity contribution < 1.29 is 9.94 Å². The van der Waals surface area contributed by atoms with Crippen molar-refractivity contribution in [1.82, 2.24) is 9.80 Å². The normalized spacial score (nSPS) is 23.5. The summed E-state index contributed by atoms with van der Waals surface area (Å²) in [5.41, 5.74) is 2.28. The Morgan fingerprint density at radius 1 is 1.32 bits per heavy atom. The molecular formula is C16H25N3O2S. The molecule has 1 aliphatic carbocycles. The van der Waals surface area contributed by atoms with E-state index in [9.17, 15) is 5.11 Å². The zero-order valence-corrected chi connectivity index (χ0v) is 14.0. The molecule has 6 heteroatoms. The Balaban J connectivity index is 1.44. The molecule has 1 aromatic rings. The van der Waals surface area contributed by atoms with Crippen LogP contribution in [0.3, 0.4) is 0 Å². The summed E-state index contributed by atoms with van der Waals surface area (Å²) in [5.74, 6) is 0. The zero-order chi connectivity index (χ0) is 15.4. The van der Waals surface area contributed by atoms with Gasteiger partial charge in [0, 0.05) is 43.2 Å². The summed E-state index contributed by atoms with van der Waals surface area (Å²) in [4.78, 5) is 11.4. The molecule has 5 nitrogen and oxygen atoms in total. The molecule has 1 N–H and O–H groups in total. The molecule has 3 rings (SSSR count). The molecule has 1 atom stereocenters. The van der Waals surface area contributed by atoms with Crippen LogP contribution in [0.5, 0.6) is 0 Å². The number of rotatable bonds is 5. The van der Waals surface area contributed by atoms with Crippen LogP contribution in [0, 0.1) is 0 Å². The Bertz CT molecular complexity index is 509. The van der Waals surface area contributed by atoms with Crippen LogP contribution in [0.2, 0.25) is 0 Å². The molecule has 2 heterocycles. The molecule has 2 aliphatic rings. The highest BCUT2D eigenvalue weighted by molar-refractivity contribution is 7.10. The lowest BCUT2D eigenvalue weighted by Gasteiger charge is -2.33. The van der Waals surface area contributed by atoms with Crippen LogP contribution in [-0.4, -0.2) is 73.1 Å². The number of aliphatic hydroxyl groups is 1. The van der Waals surface area contributed by atoms with Crippen LogP contribution in [0.4, 0.5) is 0 Å². The molecule has 122 valence electrons. The second-order valence-electron chi connectivity index (χ2n) is 6.20. The first-order valence-corrected chi connectivity index (χ1v) is 8.95. The smallest absolute Gasteiger partial charge is 0.144 e. The first-order valence-electron chi connectivity index (χ1n) is 8.07. The molecule has 1 aliphatic heterocycles. The Hall–Kier alpha value is -0.950. The van der Waals surface area contributed by atoms with E-state index < -0.39 is 6.10 Å². The third-order valence-corrected chi connectivity index (χ3v) is 5.36. The van der Waals surface area contributed by atoms with Gasteiger partial charge in [0.25, 0.3) is 0 Å². The van der Waals surface area contributed by atoms with Gasteiger partial charge in [-0.3, -0.25) is 4.90 Å². The van der Waals surface area contributed by atoms with Crippen LogP contribution < -0.4 is 0 Å². The van der Waals surface area contributed by atoms with Crippen molar-refractivity contribution in [3.8, 4) is 0 Å². The number of nitrogens with zero attached hydrogens (tertiary/aromatic N) is 3. The van der Waals surface area contributed by atoms with Crippen LogP contribution >= 0.6 is 11.3 Å². The van der Waals surface area contributed by atoms with Crippen molar-refractivity contribution in [2.75, 3.05) is 46.4 Å². The molecule has 0 amide bonds. The topological polar surface area (TPSA) is 48.3 Å². The molecule has 1 saturated heterocycles. The van der Waals surface area contributed by atoms with E-state index in [4.69, 9.17) is 4.84 Å². The summed E-state index contributed by atoms with van der Waals surface area (Å²) in [5, 5.41) is 16.5. The Morgan fingerprint density at radius 3 is 2.95 bits per heavy atom. The Kier molecular flexibility index (Phi) is 5.46. The van der Waals surface area contributed by atoms with Gasteiger partial charge < -0.3 is 14.8 Å². The molecule has 1 unspecified atom stereocenters. The fourth-order valence-electron chi connectivity index (χ4n) is 3.02. The minimum atomic E-state index is -0.474. The van der Waals surface area contributed by atoms with Crippen molar-refractivity contribution >= 4 is 17.0 Å². The molecular weight excluding hydrogens is 298 g/mol. The van der Waals surface area contributed by atoms with Gasteiger partial charge in [-0.1, -0.05) is 5.16 Å². The number of hydrogen-bond donors (Lipinski definition) is 1. The number of likely N-dealkylation sites (N-methyl/N-ethyl adjacent to an activating group) is 1. The van der Waals surface area contributed by atoms with E-state index in [0.29, 0.717) is 6.54 Å². The average Bonchev–Trinajstić information content (AvgIpc) is 2.99. The molecule has 1 fully saturated rings. The number of aliphatic hydroxyl groups excluding tert-OH is 1. The van der Waals surface area contributed by atoms with E-state index in [1.54, 1.807) is 11.3 Å². The number of piperazine rings is 1. The number of aryl methyl sites for hydroxylation is 1. The first kappa shape index (κ1) is 15.9. The fourth-order valence-corrected chi connectivity index (χ4v) is 3.96. The van der Waals surface area contributed by atoms with Crippen LogP contribution in [0.25, 0.3) is 0 Å².